The van der Waals surface area contributed by atoms with Crippen LogP contribution in [0.4, 0.5) is 5.69 Å². The molecule has 9 heteroatoms. The Bertz CT molecular complexity index is 1050. The number of hydrogen-bond acceptors (Lipinski definition) is 6. The number of carbonyl (C=O) groups is 1. The van der Waals surface area contributed by atoms with Gasteiger partial charge in [0, 0.05) is 25.7 Å². The highest BCUT2D eigenvalue weighted by Gasteiger charge is 2.27. The zero-order valence-electron chi connectivity index (χ0n) is 20.4. The monoisotopic (exact) mass is 489 g/mol. The molecular weight excluding hydrogens is 454 g/mol. The van der Waals surface area contributed by atoms with Gasteiger partial charge in [-0.05, 0) is 51.5 Å². The van der Waals surface area contributed by atoms with Crippen LogP contribution in [-0.4, -0.2) is 68.5 Å². The Morgan fingerprint density at radius 2 is 1.76 bits per heavy atom. The number of nitrogens with one attached hydrogen (secondary N) is 1. The van der Waals surface area contributed by atoms with Gasteiger partial charge in [0.15, 0.2) is 0 Å². The summed E-state index contributed by atoms with van der Waals surface area (Å²) in [7, 11) is -3.71. The normalized spacial score (nSPS) is 15.1. The Hall–Kier alpha value is -2.46. The molecular formula is C25H35N3O5S. The van der Waals surface area contributed by atoms with Crippen molar-refractivity contribution < 1.29 is 22.7 Å². The lowest BCUT2D eigenvalue weighted by atomic mass is 10.2. The molecule has 2 aromatic carbocycles. The molecule has 186 valence electrons. The van der Waals surface area contributed by atoms with Crippen LogP contribution >= 0.6 is 0 Å². The van der Waals surface area contributed by atoms with Gasteiger partial charge in [0.1, 0.15) is 5.75 Å². The number of hydrogen-bond donors (Lipinski definition) is 1. The maximum Gasteiger partial charge on any atom is 0.243 e. The minimum absolute atomic E-state index is 0.116. The van der Waals surface area contributed by atoms with E-state index in [0.717, 1.165) is 5.56 Å². The van der Waals surface area contributed by atoms with Crippen LogP contribution in [0.5, 0.6) is 5.75 Å². The van der Waals surface area contributed by atoms with E-state index < -0.39 is 10.0 Å². The second-order valence-electron chi connectivity index (χ2n) is 8.87. The highest BCUT2D eigenvalue weighted by Crippen LogP contribution is 2.30. The van der Waals surface area contributed by atoms with Gasteiger partial charge in [-0.2, -0.15) is 4.31 Å². The van der Waals surface area contributed by atoms with Gasteiger partial charge in [-0.1, -0.05) is 30.3 Å². The standard InChI is InChI=1S/C25H35N3O5S/c1-19(2)27(17-21-8-6-5-7-9-21)18-25(29)26-23-16-22(10-11-24(23)33-20(3)4)34(30,31)28-12-14-32-15-13-28/h5-11,16,19-20H,12-15,17-18H2,1-4H3,(H,26,29). The second kappa shape index (κ2) is 11.8. The summed E-state index contributed by atoms with van der Waals surface area (Å²) in [5, 5.41) is 2.89. The number of rotatable bonds is 10. The lowest BCUT2D eigenvalue weighted by Crippen LogP contribution is -2.40. The molecule has 1 aliphatic heterocycles. The molecule has 0 bridgehead atoms. The molecule has 8 nitrogen and oxygen atoms in total. The minimum Gasteiger partial charge on any atom is -0.489 e. The lowest BCUT2D eigenvalue weighted by Gasteiger charge is -2.27. The van der Waals surface area contributed by atoms with E-state index in [4.69, 9.17) is 9.47 Å². The van der Waals surface area contributed by atoms with Gasteiger partial charge in [0.2, 0.25) is 15.9 Å². The zero-order chi connectivity index (χ0) is 24.7. The number of morpholine rings is 1. The zero-order valence-corrected chi connectivity index (χ0v) is 21.2. The van der Waals surface area contributed by atoms with Gasteiger partial charge in [0.05, 0.1) is 36.4 Å². The van der Waals surface area contributed by atoms with Crippen molar-refractivity contribution in [2.45, 2.75) is 51.3 Å². The fourth-order valence-electron chi connectivity index (χ4n) is 3.67. The molecule has 2 aromatic rings. The number of anilines is 1. The Morgan fingerprint density at radius 3 is 2.38 bits per heavy atom. The van der Waals surface area contributed by atoms with Gasteiger partial charge in [0.25, 0.3) is 0 Å². The Morgan fingerprint density at radius 1 is 1.09 bits per heavy atom. The summed E-state index contributed by atoms with van der Waals surface area (Å²) in [6, 6.07) is 14.7. The van der Waals surface area contributed by atoms with Gasteiger partial charge < -0.3 is 14.8 Å². The van der Waals surface area contributed by atoms with Crippen LogP contribution in [0.3, 0.4) is 0 Å². The summed E-state index contributed by atoms with van der Waals surface area (Å²) in [6.07, 6.45) is -0.136. The molecule has 0 atom stereocenters. The maximum atomic E-state index is 13.1. The van der Waals surface area contributed by atoms with Crippen LogP contribution in [0.2, 0.25) is 0 Å². The average Bonchev–Trinajstić information content (AvgIpc) is 2.80. The SMILES string of the molecule is CC(C)Oc1ccc(S(=O)(=O)N2CCOCC2)cc1NC(=O)CN(Cc1ccccc1)C(C)C. The van der Waals surface area contributed by atoms with Crippen molar-refractivity contribution in [3.05, 3.63) is 54.1 Å². The molecule has 3 rings (SSSR count). The van der Waals surface area contributed by atoms with Crippen molar-refractivity contribution in [2.24, 2.45) is 0 Å². The van der Waals surface area contributed by atoms with Crippen LogP contribution in [0, 0.1) is 0 Å². The van der Waals surface area contributed by atoms with Crippen molar-refractivity contribution in [3.8, 4) is 5.75 Å². The molecule has 1 fully saturated rings. The number of carbonyl (C=O) groups excluding carboxylic acids is 1. The van der Waals surface area contributed by atoms with Crippen LogP contribution in [0.25, 0.3) is 0 Å². The molecule has 0 spiro atoms. The highest BCUT2D eigenvalue weighted by molar-refractivity contribution is 7.89. The lowest BCUT2D eigenvalue weighted by molar-refractivity contribution is -0.117. The molecule has 1 aliphatic rings. The topological polar surface area (TPSA) is 88.2 Å². The predicted octanol–water partition coefficient (Wildman–Crippen LogP) is 3.34. The molecule has 0 unspecified atom stereocenters. The molecule has 1 amide bonds. The quantitative estimate of drug-likeness (QED) is 0.551. The first-order valence-electron chi connectivity index (χ1n) is 11.6. The Labute approximate surface area is 202 Å². The Balaban J connectivity index is 1.81. The third kappa shape index (κ3) is 7.02. The Kier molecular flexibility index (Phi) is 9.07. The van der Waals surface area contributed by atoms with E-state index in [1.165, 1.54) is 16.4 Å². The summed E-state index contributed by atoms with van der Waals surface area (Å²) in [6.45, 7) is 9.97. The number of ether oxygens (including phenoxy) is 2. The van der Waals surface area contributed by atoms with Crippen molar-refractivity contribution >= 4 is 21.6 Å². The van der Waals surface area contributed by atoms with E-state index >= 15 is 0 Å². The van der Waals surface area contributed by atoms with Crippen LogP contribution < -0.4 is 10.1 Å². The van der Waals surface area contributed by atoms with Gasteiger partial charge in [-0.15, -0.1) is 0 Å². The molecule has 34 heavy (non-hydrogen) atoms. The number of benzene rings is 2. The molecule has 0 radical (unpaired) electrons. The van der Waals surface area contributed by atoms with Crippen LogP contribution in [0.1, 0.15) is 33.3 Å². The first-order chi connectivity index (χ1) is 16.2. The third-order valence-electron chi connectivity index (χ3n) is 5.50. The summed E-state index contributed by atoms with van der Waals surface area (Å²) >= 11 is 0. The van der Waals surface area contributed by atoms with E-state index in [1.54, 1.807) is 6.07 Å². The van der Waals surface area contributed by atoms with Gasteiger partial charge in [-0.3, -0.25) is 9.69 Å². The largest absolute Gasteiger partial charge is 0.489 e. The summed E-state index contributed by atoms with van der Waals surface area (Å²) in [5.74, 6) is 0.197. The smallest absolute Gasteiger partial charge is 0.243 e. The molecule has 0 saturated carbocycles. The second-order valence-corrected chi connectivity index (χ2v) is 10.8. The molecule has 0 aliphatic carbocycles. The fraction of sp³-hybridized carbons (Fsp3) is 0.480. The van der Waals surface area contributed by atoms with E-state index in [2.05, 4.69) is 10.2 Å². The molecule has 1 saturated heterocycles. The van der Waals surface area contributed by atoms with Crippen LogP contribution in [0.15, 0.2) is 53.4 Å². The highest BCUT2D eigenvalue weighted by atomic mass is 32.2. The van der Waals surface area contributed by atoms with Crippen molar-refractivity contribution in [3.63, 3.8) is 0 Å². The van der Waals surface area contributed by atoms with E-state index in [-0.39, 0.29) is 29.5 Å². The molecule has 0 aromatic heterocycles. The third-order valence-corrected chi connectivity index (χ3v) is 7.40. The number of sulfonamides is 1. The van der Waals surface area contributed by atoms with Gasteiger partial charge >= 0.3 is 0 Å². The number of nitrogens with zero attached hydrogens (tertiary/aromatic N) is 2. The van der Waals surface area contributed by atoms with E-state index in [1.807, 2.05) is 58.0 Å². The predicted molar refractivity (Wildman–Crippen MR) is 132 cm³/mol. The van der Waals surface area contributed by atoms with Crippen molar-refractivity contribution in [2.75, 3.05) is 38.2 Å². The fourth-order valence-corrected chi connectivity index (χ4v) is 5.11. The first kappa shape index (κ1) is 26.2. The maximum absolute atomic E-state index is 13.1. The first-order valence-corrected chi connectivity index (χ1v) is 13.1. The molecule has 1 N–H and O–H groups in total. The van der Waals surface area contributed by atoms with Crippen molar-refractivity contribution in [1.82, 2.24) is 9.21 Å². The van der Waals surface area contributed by atoms with Crippen molar-refractivity contribution in [1.29, 1.82) is 0 Å². The summed E-state index contributed by atoms with van der Waals surface area (Å²) in [4.78, 5) is 15.2. The van der Waals surface area contributed by atoms with Crippen LogP contribution in [-0.2, 0) is 26.1 Å². The van der Waals surface area contributed by atoms with E-state index in [9.17, 15) is 13.2 Å². The summed E-state index contributed by atoms with van der Waals surface area (Å²) in [5.41, 5.74) is 1.46. The van der Waals surface area contributed by atoms with E-state index in [0.29, 0.717) is 44.3 Å². The van der Waals surface area contributed by atoms with Gasteiger partial charge in [-0.25, -0.2) is 8.42 Å². The molecule has 1 heterocycles. The number of amides is 1. The average molecular weight is 490 g/mol. The minimum atomic E-state index is -3.71. The summed E-state index contributed by atoms with van der Waals surface area (Å²) < 4.78 is 38.8.